The first-order valence-electron chi connectivity index (χ1n) is 7.72. The van der Waals surface area contributed by atoms with Crippen molar-refractivity contribution in [1.29, 1.82) is 0 Å². The third-order valence-electron chi connectivity index (χ3n) is 3.66. The second-order valence-electron chi connectivity index (χ2n) is 5.48. The Kier molecular flexibility index (Phi) is 7.12. The number of rotatable bonds is 10. The number of ether oxygens (including phenoxy) is 1. The highest BCUT2D eigenvalue weighted by Gasteiger charge is 2.16. The zero-order valence-corrected chi connectivity index (χ0v) is 13.6. The minimum Gasteiger partial charge on any atom is -0.385 e. The summed E-state index contributed by atoms with van der Waals surface area (Å²) in [7, 11) is 3.80. The minimum absolute atomic E-state index is 0.110. The summed E-state index contributed by atoms with van der Waals surface area (Å²) in [4.78, 5) is 2.25. The normalized spacial score (nSPS) is 12.7. The van der Waals surface area contributed by atoms with Crippen molar-refractivity contribution < 1.29 is 9.13 Å². The average molecular weight is 321 g/mol. The maximum absolute atomic E-state index is 13.1. The summed E-state index contributed by atoms with van der Waals surface area (Å²) in [5, 5.41) is 14.1. The molecule has 0 aliphatic heterocycles. The van der Waals surface area contributed by atoms with E-state index in [0.717, 1.165) is 43.9 Å². The number of aromatic amines is 1. The third kappa shape index (κ3) is 5.70. The highest BCUT2D eigenvalue weighted by atomic mass is 19.1. The molecule has 0 fully saturated rings. The van der Waals surface area contributed by atoms with Gasteiger partial charge in [0, 0.05) is 33.4 Å². The molecule has 2 aromatic rings. The average Bonchev–Trinajstić information content (AvgIpc) is 3.07. The predicted molar refractivity (Wildman–Crippen MR) is 86.6 cm³/mol. The molecule has 0 saturated heterocycles. The van der Waals surface area contributed by atoms with E-state index in [1.54, 1.807) is 25.4 Å². The number of benzene rings is 1. The van der Waals surface area contributed by atoms with Crippen LogP contribution in [-0.4, -0.2) is 60.7 Å². The van der Waals surface area contributed by atoms with Crippen molar-refractivity contribution in [3.8, 4) is 0 Å². The van der Waals surface area contributed by atoms with Crippen LogP contribution in [0.1, 0.15) is 23.7 Å². The van der Waals surface area contributed by atoms with Gasteiger partial charge in [0.1, 0.15) is 11.5 Å². The highest BCUT2D eigenvalue weighted by molar-refractivity contribution is 5.26. The van der Waals surface area contributed by atoms with Gasteiger partial charge in [-0.25, -0.2) is 4.39 Å². The van der Waals surface area contributed by atoms with Crippen LogP contribution < -0.4 is 5.32 Å². The molecule has 2 N–H and O–H groups in total. The lowest BCUT2D eigenvalue weighted by molar-refractivity contribution is 0.179. The molecule has 0 unspecified atom stereocenters. The zero-order valence-electron chi connectivity index (χ0n) is 13.6. The molecule has 1 atom stereocenters. The van der Waals surface area contributed by atoms with Crippen LogP contribution in [0, 0.1) is 5.82 Å². The van der Waals surface area contributed by atoms with Gasteiger partial charge < -0.3 is 15.0 Å². The molecule has 0 saturated carbocycles. The first-order valence-corrected chi connectivity index (χ1v) is 7.72. The Labute approximate surface area is 136 Å². The summed E-state index contributed by atoms with van der Waals surface area (Å²) >= 11 is 0. The summed E-state index contributed by atoms with van der Waals surface area (Å²) in [5.41, 5.74) is 1.75. The Hall–Kier alpha value is -1.83. The molecule has 0 aliphatic rings. The Morgan fingerprint density at radius 1 is 1.30 bits per heavy atom. The van der Waals surface area contributed by atoms with Gasteiger partial charge in [-0.15, -0.1) is 0 Å². The quantitative estimate of drug-likeness (QED) is 0.651. The van der Waals surface area contributed by atoms with Crippen LogP contribution in [0.3, 0.4) is 0 Å². The van der Waals surface area contributed by atoms with E-state index in [9.17, 15) is 4.39 Å². The lowest BCUT2D eigenvalue weighted by atomic mass is 10.0. The molecular formula is C16H24FN5O. The number of hydrogen-bond donors (Lipinski definition) is 2. The maximum Gasteiger partial charge on any atom is 0.123 e. The maximum atomic E-state index is 13.1. The summed E-state index contributed by atoms with van der Waals surface area (Å²) < 4.78 is 18.2. The highest BCUT2D eigenvalue weighted by Crippen LogP contribution is 2.19. The van der Waals surface area contributed by atoms with Crippen molar-refractivity contribution in [1.82, 2.24) is 25.6 Å². The summed E-state index contributed by atoms with van der Waals surface area (Å²) in [6, 6.07) is 6.34. The standard InChI is InChI=1S/C16H24FN5O/c1-22(9-3-11-23-2)10-8-18-16(15-12-19-21-20-15)13-4-6-14(17)7-5-13/h4-7,12,16,18H,3,8-11H2,1-2H3,(H,19,20,21)/t16-/m0/s1. The molecule has 126 valence electrons. The molecule has 1 aromatic heterocycles. The number of hydrogen-bond acceptors (Lipinski definition) is 5. The fourth-order valence-electron chi connectivity index (χ4n) is 2.39. The zero-order chi connectivity index (χ0) is 16.5. The molecule has 0 aliphatic carbocycles. The van der Waals surface area contributed by atoms with Gasteiger partial charge in [0.25, 0.3) is 0 Å². The lowest BCUT2D eigenvalue weighted by Gasteiger charge is -2.20. The first-order chi connectivity index (χ1) is 11.2. The van der Waals surface area contributed by atoms with Gasteiger partial charge in [-0.1, -0.05) is 12.1 Å². The van der Waals surface area contributed by atoms with Gasteiger partial charge in [0.15, 0.2) is 0 Å². The molecule has 0 radical (unpaired) electrons. The fourth-order valence-corrected chi connectivity index (χ4v) is 2.39. The van der Waals surface area contributed by atoms with Crippen molar-refractivity contribution in [3.63, 3.8) is 0 Å². The molecule has 2 rings (SSSR count). The Bertz CT molecular complexity index is 546. The summed E-state index contributed by atoms with van der Waals surface area (Å²) in [6.45, 7) is 3.45. The number of H-pyrrole nitrogens is 1. The van der Waals surface area contributed by atoms with E-state index in [0.29, 0.717) is 0 Å². The molecule has 6 nitrogen and oxygen atoms in total. The van der Waals surface area contributed by atoms with Crippen LogP contribution >= 0.6 is 0 Å². The number of nitrogens with one attached hydrogen (secondary N) is 2. The van der Waals surface area contributed by atoms with E-state index < -0.39 is 0 Å². The largest absolute Gasteiger partial charge is 0.385 e. The first kappa shape index (κ1) is 17.5. The molecule has 1 heterocycles. The van der Waals surface area contributed by atoms with Gasteiger partial charge >= 0.3 is 0 Å². The van der Waals surface area contributed by atoms with E-state index in [1.807, 2.05) is 0 Å². The molecular weight excluding hydrogens is 297 g/mol. The number of methoxy groups -OCH3 is 1. The molecule has 0 amide bonds. The molecule has 1 aromatic carbocycles. The Balaban J connectivity index is 1.90. The lowest BCUT2D eigenvalue weighted by Crippen LogP contribution is -2.33. The second kappa shape index (κ2) is 9.34. The van der Waals surface area contributed by atoms with Gasteiger partial charge in [0.2, 0.25) is 0 Å². The number of aromatic nitrogens is 3. The van der Waals surface area contributed by atoms with Crippen LogP contribution in [-0.2, 0) is 4.74 Å². The third-order valence-corrected chi connectivity index (χ3v) is 3.66. The topological polar surface area (TPSA) is 66.1 Å². The van der Waals surface area contributed by atoms with Crippen LogP contribution in [0.2, 0.25) is 0 Å². The van der Waals surface area contributed by atoms with Crippen molar-refractivity contribution in [2.45, 2.75) is 12.5 Å². The summed E-state index contributed by atoms with van der Waals surface area (Å²) in [5.74, 6) is -0.245. The smallest absolute Gasteiger partial charge is 0.123 e. The van der Waals surface area contributed by atoms with E-state index in [4.69, 9.17) is 4.74 Å². The van der Waals surface area contributed by atoms with Crippen LogP contribution in [0.25, 0.3) is 0 Å². The Morgan fingerprint density at radius 2 is 2.09 bits per heavy atom. The van der Waals surface area contributed by atoms with E-state index >= 15 is 0 Å². The number of nitrogens with zero attached hydrogens (tertiary/aromatic N) is 3. The second-order valence-corrected chi connectivity index (χ2v) is 5.48. The number of halogens is 1. The van der Waals surface area contributed by atoms with Crippen molar-refractivity contribution >= 4 is 0 Å². The van der Waals surface area contributed by atoms with E-state index in [-0.39, 0.29) is 11.9 Å². The number of likely N-dealkylation sites (N-methyl/N-ethyl adjacent to an activating group) is 1. The van der Waals surface area contributed by atoms with Gasteiger partial charge in [-0.3, -0.25) is 0 Å². The molecule has 0 bridgehead atoms. The monoisotopic (exact) mass is 321 g/mol. The van der Waals surface area contributed by atoms with Gasteiger partial charge in [0.05, 0.1) is 12.2 Å². The van der Waals surface area contributed by atoms with E-state index in [2.05, 4.69) is 32.7 Å². The van der Waals surface area contributed by atoms with Crippen molar-refractivity contribution in [2.75, 3.05) is 40.4 Å². The van der Waals surface area contributed by atoms with Crippen LogP contribution in [0.5, 0.6) is 0 Å². The predicted octanol–water partition coefficient (Wildman–Crippen LogP) is 1.59. The SMILES string of the molecule is COCCCN(C)CCN[C@@H](c1ccc(F)cc1)c1cn[nH]n1. The van der Waals surface area contributed by atoms with E-state index in [1.165, 1.54) is 12.1 Å². The van der Waals surface area contributed by atoms with Crippen molar-refractivity contribution in [3.05, 3.63) is 47.5 Å². The van der Waals surface area contributed by atoms with Crippen LogP contribution in [0.15, 0.2) is 30.5 Å². The van der Waals surface area contributed by atoms with Gasteiger partial charge in [-0.2, -0.15) is 15.4 Å². The molecule has 0 spiro atoms. The van der Waals surface area contributed by atoms with Gasteiger partial charge in [-0.05, 0) is 31.2 Å². The molecule has 7 heteroatoms. The van der Waals surface area contributed by atoms with Crippen molar-refractivity contribution in [2.24, 2.45) is 0 Å². The molecule has 23 heavy (non-hydrogen) atoms. The fraction of sp³-hybridized carbons (Fsp3) is 0.500. The Morgan fingerprint density at radius 3 is 2.74 bits per heavy atom. The minimum atomic E-state index is -0.245. The van der Waals surface area contributed by atoms with Crippen LogP contribution in [0.4, 0.5) is 4.39 Å². The summed E-state index contributed by atoms with van der Waals surface area (Å²) in [6.07, 6.45) is 2.70.